The second-order valence-electron chi connectivity index (χ2n) is 3.99. The van der Waals surface area contributed by atoms with Gasteiger partial charge in [0, 0.05) is 28.0 Å². The van der Waals surface area contributed by atoms with E-state index < -0.39 is 0 Å². The van der Waals surface area contributed by atoms with Crippen LogP contribution in [0.25, 0.3) is 0 Å². The molecule has 1 amide bonds. The number of rotatable bonds is 4. The molecule has 18 heavy (non-hydrogen) atoms. The summed E-state index contributed by atoms with van der Waals surface area (Å²) in [5.74, 6) is -0.147. The zero-order chi connectivity index (χ0) is 13.0. The van der Waals surface area contributed by atoms with E-state index in [-0.39, 0.29) is 11.9 Å². The topological polar surface area (TPSA) is 42.0 Å². The maximum Gasteiger partial charge on any atom is 0.271 e. The molecule has 94 valence electrons. The maximum atomic E-state index is 12.0. The number of pyridine rings is 1. The fourth-order valence-corrected chi connectivity index (χ4v) is 2.90. The molecule has 2 aromatic heterocycles. The van der Waals surface area contributed by atoms with Gasteiger partial charge in [-0.1, -0.05) is 6.07 Å². The number of hydrogen-bond donors (Lipinski definition) is 1. The number of carbonyl (C=O) groups is 1. The Labute approximate surface area is 118 Å². The summed E-state index contributed by atoms with van der Waals surface area (Å²) in [6.07, 6.45) is 2.46. The summed E-state index contributed by atoms with van der Waals surface area (Å²) in [5, 5.41) is 4.99. The highest BCUT2D eigenvalue weighted by Crippen LogP contribution is 2.14. The fourth-order valence-electron chi connectivity index (χ4n) is 1.63. The van der Waals surface area contributed by atoms with Crippen LogP contribution in [-0.2, 0) is 6.42 Å². The van der Waals surface area contributed by atoms with Crippen molar-refractivity contribution in [2.45, 2.75) is 19.4 Å². The molecule has 0 bridgehead atoms. The molecule has 3 nitrogen and oxygen atoms in total. The SMILES string of the molecule is CC(Cc1cccs1)NC(=O)c1ncccc1Br. The van der Waals surface area contributed by atoms with Gasteiger partial charge >= 0.3 is 0 Å². The Hall–Kier alpha value is -1.20. The minimum absolute atomic E-state index is 0.0880. The number of thiophene rings is 1. The number of nitrogens with one attached hydrogen (secondary N) is 1. The normalized spacial score (nSPS) is 12.1. The molecule has 1 unspecified atom stereocenters. The second kappa shape index (κ2) is 6.11. The van der Waals surface area contributed by atoms with Crippen molar-refractivity contribution in [1.29, 1.82) is 0 Å². The maximum absolute atomic E-state index is 12.0. The molecule has 0 aromatic carbocycles. The van der Waals surface area contributed by atoms with Crippen molar-refractivity contribution >= 4 is 33.2 Å². The van der Waals surface area contributed by atoms with Crippen LogP contribution in [0.5, 0.6) is 0 Å². The van der Waals surface area contributed by atoms with Crippen molar-refractivity contribution in [1.82, 2.24) is 10.3 Å². The van der Waals surface area contributed by atoms with Gasteiger partial charge < -0.3 is 5.32 Å². The lowest BCUT2D eigenvalue weighted by molar-refractivity contribution is 0.0934. The Morgan fingerprint density at radius 3 is 3.00 bits per heavy atom. The molecule has 0 aliphatic heterocycles. The van der Waals surface area contributed by atoms with Gasteiger partial charge in [0.05, 0.1) is 0 Å². The quantitative estimate of drug-likeness (QED) is 0.937. The second-order valence-corrected chi connectivity index (χ2v) is 5.88. The number of halogens is 1. The van der Waals surface area contributed by atoms with Gasteiger partial charge in [-0.05, 0) is 46.4 Å². The van der Waals surface area contributed by atoms with Crippen molar-refractivity contribution in [2.75, 3.05) is 0 Å². The van der Waals surface area contributed by atoms with Crippen LogP contribution in [-0.4, -0.2) is 16.9 Å². The lowest BCUT2D eigenvalue weighted by Gasteiger charge is -2.13. The van der Waals surface area contributed by atoms with E-state index in [2.05, 4.69) is 32.3 Å². The van der Waals surface area contributed by atoms with Crippen LogP contribution in [0.3, 0.4) is 0 Å². The number of hydrogen-bond acceptors (Lipinski definition) is 3. The molecule has 2 heterocycles. The summed E-state index contributed by atoms with van der Waals surface area (Å²) in [6.45, 7) is 1.99. The largest absolute Gasteiger partial charge is 0.348 e. The zero-order valence-corrected chi connectivity index (χ0v) is 12.3. The molecule has 0 radical (unpaired) electrons. The van der Waals surface area contributed by atoms with Gasteiger partial charge in [-0.25, -0.2) is 4.98 Å². The zero-order valence-electron chi connectivity index (χ0n) is 9.89. The van der Waals surface area contributed by atoms with E-state index in [1.807, 2.05) is 24.4 Å². The predicted molar refractivity (Wildman–Crippen MR) is 76.9 cm³/mol. The molecule has 2 rings (SSSR count). The third-order valence-electron chi connectivity index (χ3n) is 2.44. The van der Waals surface area contributed by atoms with Crippen LogP contribution < -0.4 is 5.32 Å². The van der Waals surface area contributed by atoms with Crippen molar-refractivity contribution in [2.24, 2.45) is 0 Å². The van der Waals surface area contributed by atoms with E-state index >= 15 is 0 Å². The van der Waals surface area contributed by atoms with E-state index in [4.69, 9.17) is 0 Å². The molecule has 5 heteroatoms. The van der Waals surface area contributed by atoms with Crippen LogP contribution in [0.2, 0.25) is 0 Å². The van der Waals surface area contributed by atoms with Crippen LogP contribution in [0.15, 0.2) is 40.3 Å². The first-order chi connectivity index (χ1) is 8.66. The molecular formula is C13H13BrN2OS. The van der Waals surface area contributed by atoms with Gasteiger partial charge in [0.2, 0.25) is 0 Å². The van der Waals surface area contributed by atoms with Gasteiger partial charge in [0.15, 0.2) is 0 Å². The summed E-state index contributed by atoms with van der Waals surface area (Å²) in [4.78, 5) is 17.3. The summed E-state index contributed by atoms with van der Waals surface area (Å²) in [7, 11) is 0. The monoisotopic (exact) mass is 324 g/mol. The summed E-state index contributed by atoms with van der Waals surface area (Å²) >= 11 is 5.03. The van der Waals surface area contributed by atoms with Crippen LogP contribution >= 0.6 is 27.3 Å². The third-order valence-corrected chi connectivity index (χ3v) is 3.98. The first-order valence-corrected chi connectivity index (χ1v) is 7.28. The van der Waals surface area contributed by atoms with Gasteiger partial charge in [-0.15, -0.1) is 11.3 Å². The first kappa shape index (κ1) is 13.2. The van der Waals surface area contributed by atoms with Crippen molar-refractivity contribution < 1.29 is 4.79 Å². The smallest absolute Gasteiger partial charge is 0.271 e. The first-order valence-electron chi connectivity index (χ1n) is 5.60. The highest BCUT2D eigenvalue weighted by Gasteiger charge is 2.14. The summed E-state index contributed by atoms with van der Waals surface area (Å²) in [6, 6.07) is 7.78. The van der Waals surface area contributed by atoms with E-state index in [9.17, 15) is 4.79 Å². The fraction of sp³-hybridized carbons (Fsp3) is 0.231. The molecular weight excluding hydrogens is 312 g/mol. The Balaban J connectivity index is 1.97. The van der Waals surface area contributed by atoms with E-state index in [0.717, 1.165) is 6.42 Å². The molecule has 0 spiro atoms. The molecule has 0 fully saturated rings. The standard InChI is InChI=1S/C13H13BrN2OS/c1-9(8-10-4-3-7-18-10)16-13(17)12-11(14)5-2-6-15-12/h2-7,9H,8H2,1H3,(H,16,17). The van der Waals surface area contributed by atoms with Gasteiger partial charge in [0.1, 0.15) is 5.69 Å². The van der Waals surface area contributed by atoms with Crippen LogP contribution in [0, 0.1) is 0 Å². The lowest BCUT2D eigenvalue weighted by Crippen LogP contribution is -2.34. The summed E-state index contributed by atoms with van der Waals surface area (Å²) in [5.41, 5.74) is 0.426. The van der Waals surface area contributed by atoms with E-state index in [1.54, 1.807) is 23.6 Å². The highest BCUT2D eigenvalue weighted by atomic mass is 79.9. The number of carbonyl (C=O) groups excluding carboxylic acids is 1. The molecule has 0 saturated heterocycles. The Morgan fingerprint density at radius 1 is 1.50 bits per heavy atom. The van der Waals surface area contributed by atoms with Gasteiger partial charge in [-0.2, -0.15) is 0 Å². The Kier molecular flexibility index (Phi) is 4.49. The van der Waals surface area contributed by atoms with E-state index in [1.165, 1.54) is 4.88 Å². The van der Waals surface area contributed by atoms with Crippen LogP contribution in [0.1, 0.15) is 22.3 Å². The van der Waals surface area contributed by atoms with Crippen LogP contribution in [0.4, 0.5) is 0 Å². The number of aromatic nitrogens is 1. The van der Waals surface area contributed by atoms with Gasteiger partial charge in [0.25, 0.3) is 5.91 Å². The minimum atomic E-state index is -0.147. The average molecular weight is 325 g/mol. The predicted octanol–water partition coefficient (Wildman–Crippen LogP) is 3.27. The summed E-state index contributed by atoms with van der Waals surface area (Å²) < 4.78 is 0.714. The van der Waals surface area contributed by atoms with Gasteiger partial charge in [-0.3, -0.25) is 4.79 Å². The molecule has 1 N–H and O–H groups in total. The van der Waals surface area contributed by atoms with Crippen molar-refractivity contribution in [3.63, 3.8) is 0 Å². The third kappa shape index (κ3) is 3.40. The van der Waals surface area contributed by atoms with Crippen molar-refractivity contribution in [3.8, 4) is 0 Å². The van der Waals surface area contributed by atoms with Crippen molar-refractivity contribution in [3.05, 3.63) is 50.9 Å². The Bertz CT molecular complexity index is 528. The number of nitrogens with zero attached hydrogens (tertiary/aromatic N) is 1. The van der Waals surface area contributed by atoms with E-state index in [0.29, 0.717) is 10.2 Å². The highest BCUT2D eigenvalue weighted by molar-refractivity contribution is 9.10. The molecule has 2 aromatic rings. The lowest BCUT2D eigenvalue weighted by atomic mass is 10.2. The number of amides is 1. The molecule has 0 aliphatic rings. The Morgan fingerprint density at radius 2 is 2.33 bits per heavy atom. The molecule has 0 aliphatic carbocycles. The average Bonchev–Trinajstić information content (AvgIpc) is 2.82. The molecule has 0 saturated carbocycles. The minimum Gasteiger partial charge on any atom is -0.348 e. The molecule has 1 atom stereocenters.